The monoisotopic (exact) mass is 280 g/mol. The zero-order chi connectivity index (χ0) is 15.3. The van der Waals surface area contributed by atoms with Crippen molar-refractivity contribution in [3.05, 3.63) is 65.2 Å². The number of benzene rings is 2. The van der Waals surface area contributed by atoms with Gasteiger partial charge in [0.15, 0.2) is 6.29 Å². The molecule has 0 N–H and O–H groups in total. The third kappa shape index (κ3) is 4.60. The summed E-state index contributed by atoms with van der Waals surface area (Å²) in [5, 5.41) is 0. The number of aldehydes is 1. The van der Waals surface area contributed by atoms with E-state index in [1.165, 1.54) is 0 Å². The molecular formula is C19H20O2. The van der Waals surface area contributed by atoms with Gasteiger partial charge < -0.3 is 4.74 Å². The second kappa shape index (κ2) is 6.40. The van der Waals surface area contributed by atoms with E-state index >= 15 is 0 Å². The Morgan fingerprint density at radius 2 is 1.48 bits per heavy atom. The fourth-order valence-electron chi connectivity index (χ4n) is 1.96. The molecule has 2 aromatic carbocycles. The average Bonchev–Trinajstić information content (AvgIpc) is 2.45. The summed E-state index contributed by atoms with van der Waals surface area (Å²) in [4.78, 5) is 11.0. The van der Waals surface area contributed by atoms with Gasteiger partial charge in [0, 0.05) is 5.56 Å². The van der Waals surface area contributed by atoms with Gasteiger partial charge in [-0.15, -0.1) is 0 Å². The highest BCUT2D eigenvalue weighted by molar-refractivity contribution is 5.84. The summed E-state index contributed by atoms with van der Waals surface area (Å²) < 4.78 is 5.79. The Labute approximate surface area is 126 Å². The van der Waals surface area contributed by atoms with Crippen LogP contribution in [0.25, 0.3) is 12.2 Å². The van der Waals surface area contributed by atoms with E-state index in [1.54, 1.807) is 0 Å². The minimum Gasteiger partial charge on any atom is -0.488 e. The molecule has 0 radical (unpaired) electrons. The number of carbonyl (C=O) groups excluding carboxylic acids is 1. The van der Waals surface area contributed by atoms with Crippen LogP contribution in [0.2, 0.25) is 0 Å². The molecule has 2 aromatic rings. The molecule has 0 fully saturated rings. The van der Waals surface area contributed by atoms with Gasteiger partial charge in [0.25, 0.3) is 0 Å². The molecule has 21 heavy (non-hydrogen) atoms. The first kappa shape index (κ1) is 15.0. The van der Waals surface area contributed by atoms with E-state index < -0.39 is 0 Å². The van der Waals surface area contributed by atoms with E-state index in [0.29, 0.717) is 5.56 Å². The predicted molar refractivity (Wildman–Crippen MR) is 87.6 cm³/mol. The van der Waals surface area contributed by atoms with Gasteiger partial charge in [-0.3, -0.25) is 4.79 Å². The van der Waals surface area contributed by atoms with Crippen LogP contribution < -0.4 is 4.74 Å². The largest absolute Gasteiger partial charge is 0.488 e. The molecule has 0 unspecified atom stereocenters. The van der Waals surface area contributed by atoms with E-state index in [1.807, 2.05) is 81.5 Å². The first-order chi connectivity index (χ1) is 9.98. The number of carbonyl (C=O) groups is 1. The SMILES string of the molecule is CC(C)(C)Oc1ccc(/C=C/c2ccccc2C=O)cc1. The minimum atomic E-state index is -0.194. The topological polar surface area (TPSA) is 26.3 Å². The van der Waals surface area contributed by atoms with Gasteiger partial charge in [-0.1, -0.05) is 48.6 Å². The highest BCUT2D eigenvalue weighted by Crippen LogP contribution is 2.19. The van der Waals surface area contributed by atoms with Gasteiger partial charge in [0.05, 0.1) is 0 Å². The molecule has 0 atom stereocenters. The quantitative estimate of drug-likeness (QED) is 0.591. The summed E-state index contributed by atoms with van der Waals surface area (Å²) in [6, 6.07) is 15.4. The van der Waals surface area contributed by atoms with Crippen molar-refractivity contribution >= 4 is 18.4 Å². The molecule has 0 amide bonds. The molecular weight excluding hydrogens is 260 g/mol. The lowest BCUT2D eigenvalue weighted by molar-refractivity contribution is 0.112. The Morgan fingerprint density at radius 3 is 2.05 bits per heavy atom. The molecule has 0 aliphatic rings. The van der Waals surface area contributed by atoms with Crippen molar-refractivity contribution < 1.29 is 9.53 Å². The number of rotatable bonds is 4. The van der Waals surface area contributed by atoms with Crippen molar-refractivity contribution in [1.82, 2.24) is 0 Å². The van der Waals surface area contributed by atoms with Crippen LogP contribution in [0.1, 0.15) is 42.3 Å². The highest BCUT2D eigenvalue weighted by Gasteiger charge is 2.10. The minimum absolute atomic E-state index is 0.194. The second-order valence-electron chi connectivity index (χ2n) is 5.86. The van der Waals surface area contributed by atoms with Crippen molar-refractivity contribution in [2.45, 2.75) is 26.4 Å². The molecule has 0 aliphatic heterocycles. The maximum absolute atomic E-state index is 11.0. The first-order valence-electron chi connectivity index (χ1n) is 6.99. The summed E-state index contributed by atoms with van der Waals surface area (Å²) >= 11 is 0. The van der Waals surface area contributed by atoms with Crippen LogP contribution in [-0.2, 0) is 0 Å². The molecule has 0 saturated heterocycles. The molecule has 2 heteroatoms. The maximum Gasteiger partial charge on any atom is 0.150 e. The lowest BCUT2D eigenvalue weighted by Crippen LogP contribution is -2.22. The summed E-state index contributed by atoms with van der Waals surface area (Å²) in [5.41, 5.74) is 2.49. The Balaban J connectivity index is 2.13. The molecule has 0 saturated carbocycles. The van der Waals surface area contributed by atoms with E-state index in [9.17, 15) is 4.79 Å². The summed E-state index contributed by atoms with van der Waals surface area (Å²) in [7, 11) is 0. The normalized spacial score (nSPS) is 11.6. The molecule has 2 rings (SSSR count). The van der Waals surface area contributed by atoms with Crippen molar-refractivity contribution in [1.29, 1.82) is 0 Å². The standard InChI is InChI=1S/C19H20O2/c1-19(2,3)21-18-12-9-15(10-13-18)8-11-16-6-4-5-7-17(16)14-20/h4-14H,1-3H3/b11-8+. The van der Waals surface area contributed by atoms with Crippen LogP contribution >= 0.6 is 0 Å². The van der Waals surface area contributed by atoms with Gasteiger partial charge in [0.2, 0.25) is 0 Å². The summed E-state index contributed by atoms with van der Waals surface area (Å²) in [5.74, 6) is 0.855. The zero-order valence-corrected chi connectivity index (χ0v) is 12.7. The molecule has 0 aromatic heterocycles. The molecule has 108 valence electrons. The summed E-state index contributed by atoms with van der Waals surface area (Å²) in [6.07, 6.45) is 4.81. The van der Waals surface area contributed by atoms with E-state index in [0.717, 1.165) is 23.2 Å². The third-order valence-electron chi connectivity index (χ3n) is 2.88. The van der Waals surface area contributed by atoms with Crippen LogP contribution in [0.15, 0.2) is 48.5 Å². The van der Waals surface area contributed by atoms with Crippen LogP contribution in [0, 0.1) is 0 Å². The van der Waals surface area contributed by atoms with Crippen LogP contribution in [0.4, 0.5) is 0 Å². The van der Waals surface area contributed by atoms with E-state index in [-0.39, 0.29) is 5.60 Å². The lowest BCUT2D eigenvalue weighted by Gasteiger charge is -2.21. The fraction of sp³-hybridized carbons (Fsp3) is 0.211. The smallest absolute Gasteiger partial charge is 0.150 e. The van der Waals surface area contributed by atoms with Crippen molar-refractivity contribution in [3.8, 4) is 5.75 Å². The fourth-order valence-corrected chi connectivity index (χ4v) is 1.96. The molecule has 0 aliphatic carbocycles. The number of ether oxygens (including phenoxy) is 1. The Hall–Kier alpha value is -2.35. The van der Waals surface area contributed by atoms with Crippen LogP contribution in [0.3, 0.4) is 0 Å². The zero-order valence-electron chi connectivity index (χ0n) is 12.7. The van der Waals surface area contributed by atoms with Gasteiger partial charge in [0.1, 0.15) is 11.4 Å². The number of hydrogen-bond donors (Lipinski definition) is 0. The Kier molecular flexibility index (Phi) is 4.59. The second-order valence-corrected chi connectivity index (χ2v) is 5.86. The van der Waals surface area contributed by atoms with Crippen molar-refractivity contribution in [3.63, 3.8) is 0 Å². The Bertz CT molecular complexity index is 631. The molecule has 0 heterocycles. The van der Waals surface area contributed by atoms with Gasteiger partial charge in [-0.25, -0.2) is 0 Å². The Morgan fingerprint density at radius 1 is 0.857 bits per heavy atom. The summed E-state index contributed by atoms with van der Waals surface area (Å²) in [6.45, 7) is 6.07. The van der Waals surface area contributed by atoms with Gasteiger partial charge in [-0.05, 0) is 44.0 Å². The maximum atomic E-state index is 11.0. The molecule has 2 nitrogen and oxygen atoms in total. The molecule has 0 spiro atoms. The van der Waals surface area contributed by atoms with Crippen molar-refractivity contribution in [2.75, 3.05) is 0 Å². The predicted octanol–water partition coefficient (Wildman–Crippen LogP) is 4.85. The van der Waals surface area contributed by atoms with Crippen LogP contribution in [-0.4, -0.2) is 11.9 Å². The van der Waals surface area contributed by atoms with Crippen molar-refractivity contribution in [2.24, 2.45) is 0 Å². The van der Waals surface area contributed by atoms with E-state index in [2.05, 4.69) is 0 Å². The van der Waals surface area contributed by atoms with Gasteiger partial charge >= 0.3 is 0 Å². The average molecular weight is 280 g/mol. The number of hydrogen-bond acceptors (Lipinski definition) is 2. The highest BCUT2D eigenvalue weighted by atomic mass is 16.5. The molecule has 0 bridgehead atoms. The lowest BCUT2D eigenvalue weighted by atomic mass is 10.1. The van der Waals surface area contributed by atoms with Crippen LogP contribution in [0.5, 0.6) is 5.75 Å². The van der Waals surface area contributed by atoms with Gasteiger partial charge in [-0.2, -0.15) is 0 Å². The third-order valence-corrected chi connectivity index (χ3v) is 2.88. The van der Waals surface area contributed by atoms with E-state index in [4.69, 9.17) is 4.74 Å². The first-order valence-corrected chi connectivity index (χ1v) is 6.99.